The Kier molecular flexibility index (Phi) is 1.93. The summed E-state index contributed by atoms with van der Waals surface area (Å²) in [5.41, 5.74) is 0. The van der Waals surface area contributed by atoms with E-state index in [2.05, 4.69) is 17.1 Å². The number of hydrogen-bond donors (Lipinski definition) is 0. The first-order chi connectivity index (χ1) is 6.43. The maximum absolute atomic E-state index is 2.78. The molecule has 0 radical (unpaired) electrons. The summed E-state index contributed by atoms with van der Waals surface area (Å²) in [6, 6.07) is 1.77. The van der Waals surface area contributed by atoms with Gasteiger partial charge in [-0.2, -0.15) is 0 Å². The number of piperidine rings is 1. The van der Waals surface area contributed by atoms with Crippen LogP contribution in [0.5, 0.6) is 0 Å². The van der Waals surface area contributed by atoms with Crippen LogP contribution in [0.25, 0.3) is 0 Å². The van der Waals surface area contributed by atoms with Crippen molar-refractivity contribution in [3.05, 3.63) is 12.2 Å². The summed E-state index contributed by atoms with van der Waals surface area (Å²) in [4.78, 5) is 2.78. The quantitative estimate of drug-likeness (QED) is 0.556. The lowest BCUT2D eigenvalue weighted by Crippen LogP contribution is -2.40. The van der Waals surface area contributed by atoms with Crippen LogP contribution in [0.3, 0.4) is 0 Å². The Morgan fingerprint density at radius 2 is 2.15 bits per heavy atom. The van der Waals surface area contributed by atoms with Gasteiger partial charge in [-0.3, -0.25) is 4.90 Å². The molecule has 3 rings (SSSR count). The predicted octanol–water partition coefficient (Wildman–Crippen LogP) is 2.58. The van der Waals surface area contributed by atoms with E-state index in [0.29, 0.717) is 0 Å². The highest BCUT2D eigenvalue weighted by Gasteiger charge is 2.40. The molecule has 2 aliphatic carbocycles. The fraction of sp³-hybridized carbons (Fsp3) is 0.833. The minimum absolute atomic E-state index is 0.809. The molecule has 2 fully saturated rings. The molecule has 1 nitrogen and oxygen atoms in total. The van der Waals surface area contributed by atoms with Gasteiger partial charge in [-0.25, -0.2) is 0 Å². The van der Waals surface area contributed by atoms with E-state index in [-0.39, 0.29) is 0 Å². The van der Waals surface area contributed by atoms with Crippen LogP contribution in [0, 0.1) is 5.92 Å². The largest absolute Gasteiger partial charge is 0.294 e. The lowest BCUT2D eigenvalue weighted by Gasteiger charge is -2.34. The molecule has 3 atom stereocenters. The average Bonchev–Trinajstić information content (AvgIpc) is 2.80. The molecule has 0 aromatic heterocycles. The first-order valence-corrected chi connectivity index (χ1v) is 5.86. The van der Waals surface area contributed by atoms with Gasteiger partial charge < -0.3 is 0 Å². The molecule has 0 aromatic carbocycles. The first kappa shape index (κ1) is 8.05. The van der Waals surface area contributed by atoms with Crippen molar-refractivity contribution in [2.24, 2.45) is 5.92 Å². The van der Waals surface area contributed by atoms with E-state index in [0.717, 1.165) is 18.0 Å². The molecule has 3 unspecified atom stereocenters. The van der Waals surface area contributed by atoms with Gasteiger partial charge in [0.2, 0.25) is 0 Å². The maximum Gasteiger partial charge on any atom is 0.0281 e. The van der Waals surface area contributed by atoms with Gasteiger partial charge >= 0.3 is 0 Å². The summed E-state index contributed by atoms with van der Waals surface area (Å²) in [5.74, 6) is 1.06. The van der Waals surface area contributed by atoms with Gasteiger partial charge in [0.1, 0.15) is 0 Å². The van der Waals surface area contributed by atoms with E-state index in [1.54, 1.807) is 0 Å². The fourth-order valence-electron chi connectivity index (χ4n) is 3.44. The second kappa shape index (κ2) is 3.13. The monoisotopic (exact) mass is 177 g/mol. The van der Waals surface area contributed by atoms with Crippen LogP contribution >= 0.6 is 0 Å². The second-order valence-electron chi connectivity index (χ2n) is 4.96. The Bertz CT molecular complexity index is 221. The zero-order chi connectivity index (χ0) is 8.67. The smallest absolute Gasteiger partial charge is 0.0281 e. The van der Waals surface area contributed by atoms with Crippen molar-refractivity contribution < 1.29 is 0 Å². The van der Waals surface area contributed by atoms with Gasteiger partial charge in [-0.1, -0.05) is 12.2 Å². The number of nitrogens with zero attached hydrogens (tertiary/aromatic N) is 1. The molecule has 13 heavy (non-hydrogen) atoms. The predicted molar refractivity (Wildman–Crippen MR) is 54.6 cm³/mol. The average molecular weight is 177 g/mol. The summed E-state index contributed by atoms with van der Waals surface area (Å²) in [6.07, 6.45) is 13.5. The Morgan fingerprint density at radius 3 is 2.77 bits per heavy atom. The first-order valence-electron chi connectivity index (χ1n) is 5.86. The van der Waals surface area contributed by atoms with Gasteiger partial charge in [0, 0.05) is 18.6 Å². The van der Waals surface area contributed by atoms with Gasteiger partial charge in [0.25, 0.3) is 0 Å². The van der Waals surface area contributed by atoms with Crippen LogP contribution in [0.15, 0.2) is 12.2 Å². The summed E-state index contributed by atoms with van der Waals surface area (Å²) in [7, 11) is 0. The van der Waals surface area contributed by atoms with Crippen molar-refractivity contribution in [2.45, 2.75) is 50.6 Å². The normalized spacial score (nSPS) is 44.5. The molecule has 1 heteroatoms. The zero-order valence-electron chi connectivity index (χ0n) is 8.28. The minimum atomic E-state index is 0.809. The Balaban J connectivity index is 1.71. The maximum atomic E-state index is 2.78. The Labute approximate surface area is 80.8 Å². The number of allylic oxidation sites excluding steroid dienone is 1. The van der Waals surface area contributed by atoms with E-state index in [4.69, 9.17) is 0 Å². The molecular formula is C12H19N. The fourth-order valence-corrected chi connectivity index (χ4v) is 3.44. The van der Waals surface area contributed by atoms with Crippen LogP contribution in [0.1, 0.15) is 38.5 Å². The topological polar surface area (TPSA) is 3.24 Å². The van der Waals surface area contributed by atoms with Crippen LogP contribution in [-0.4, -0.2) is 23.5 Å². The third-order valence-electron chi connectivity index (χ3n) is 4.11. The van der Waals surface area contributed by atoms with Crippen LogP contribution < -0.4 is 0 Å². The van der Waals surface area contributed by atoms with Gasteiger partial charge in [0.05, 0.1) is 0 Å². The molecule has 1 heterocycles. The molecule has 72 valence electrons. The number of rotatable bonds is 1. The van der Waals surface area contributed by atoms with E-state index >= 15 is 0 Å². The second-order valence-corrected chi connectivity index (χ2v) is 4.96. The van der Waals surface area contributed by atoms with Crippen LogP contribution in [0.4, 0.5) is 0 Å². The molecule has 0 amide bonds. The summed E-state index contributed by atoms with van der Waals surface area (Å²) in [6.45, 7) is 1.40. The minimum Gasteiger partial charge on any atom is -0.294 e. The highest BCUT2D eigenvalue weighted by molar-refractivity contribution is 5.04. The molecule has 1 saturated heterocycles. The molecule has 1 saturated carbocycles. The Morgan fingerprint density at radius 1 is 1.15 bits per heavy atom. The van der Waals surface area contributed by atoms with Crippen LogP contribution in [0.2, 0.25) is 0 Å². The number of hydrogen-bond acceptors (Lipinski definition) is 1. The SMILES string of the molecule is C1=CC(N2CC3CCC2C3)CCC1. The zero-order valence-corrected chi connectivity index (χ0v) is 8.28. The van der Waals surface area contributed by atoms with Crippen molar-refractivity contribution in [3.63, 3.8) is 0 Å². The third kappa shape index (κ3) is 1.34. The van der Waals surface area contributed by atoms with E-state index in [9.17, 15) is 0 Å². The van der Waals surface area contributed by atoms with Gasteiger partial charge in [-0.05, 0) is 44.4 Å². The Hall–Kier alpha value is -0.300. The molecular weight excluding hydrogens is 158 g/mol. The molecule has 1 aliphatic heterocycles. The highest BCUT2D eigenvalue weighted by atomic mass is 15.2. The van der Waals surface area contributed by atoms with Crippen LogP contribution in [-0.2, 0) is 0 Å². The molecule has 3 aliphatic rings. The van der Waals surface area contributed by atoms with Gasteiger partial charge in [-0.15, -0.1) is 0 Å². The van der Waals surface area contributed by atoms with Crippen molar-refractivity contribution >= 4 is 0 Å². The molecule has 0 spiro atoms. The highest BCUT2D eigenvalue weighted by Crippen LogP contribution is 2.39. The lowest BCUT2D eigenvalue weighted by molar-refractivity contribution is 0.165. The van der Waals surface area contributed by atoms with Crippen molar-refractivity contribution in [2.75, 3.05) is 6.54 Å². The van der Waals surface area contributed by atoms with Gasteiger partial charge in [0.15, 0.2) is 0 Å². The molecule has 2 bridgehead atoms. The van der Waals surface area contributed by atoms with Crippen molar-refractivity contribution in [3.8, 4) is 0 Å². The summed E-state index contributed by atoms with van der Waals surface area (Å²) in [5, 5.41) is 0. The van der Waals surface area contributed by atoms with Crippen molar-refractivity contribution in [1.29, 1.82) is 0 Å². The van der Waals surface area contributed by atoms with Crippen molar-refractivity contribution in [1.82, 2.24) is 4.90 Å². The number of likely N-dealkylation sites (tertiary alicyclic amines) is 1. The van der Waals surface area contributed by atoms with E-state index < -0.39 is 0 Å². The molecule has 0 aromatic rings. The summed E-state index contributed by atoms with van der Waals surface area (Å²) >= 11 is 0. The lowest BCUT2D eigenvalue weighted by atomic mass is 9.99. The number of fused-ring (bicyclic) bond motifs is 2. The molecule has 0 N–H and O–H groups in total. The third-order valence-corrected chi connectivity index (χ3v) is 4.11. The van der Waals surface area contributed by atoms with E-state index in [1.807, 2.05) is 0 Å². The standard InChI is InChI=1S/C12H19N/c1-2-4-11(5-3-1)13-9-10-6-7-12(13)8-10/h2,4,10-12H,1,3,5-9H2. The van der Waals surface area contributed by atoms with E-state index in [1.165, 1.54) is 45.1 Å². The summed E-state index contributed by atoms with van der Waals surface area (Å²) < 4.78 is 0.